The first kappa shape index (κ1) is 10.4. The highest BCUT2D eigenvalue weighted by atomic mass is 32.1. The molecule has 0 amide bonds. The predicted molar refractivity (Wildman–Crippen MR) is 59.2 cm³/mol. The van der Waals surface area contributed by atoms with Crippen molar-refractivity contribution in [1.29, 1.82) is 0 Å². The molecule has 1 N–H and O–H groups in total. The summed E-state index contributed by atoms with van der Waals surface area (Å²) in [5, 5.41) is 14.4. The summed E-state index contributed by atoms with van der Waals surface area (Å²) in [4.78, 5) is 14.0. The van der Waals surface area contributed by atoms with Crippen molar-refractivity contribution in [2.75, 3.05) is 5.32 Å². The van der Waals surface area contributed by atoms with E-state index in [1.54, 1.807) is 0 Å². The van der Waals surface area contributed by atoms with E-state index < -0.39 is 4.92 Å². The largest absolute Gasteiger partial charge is 0.358 e. The molecule has 0 bridgehead atoms. The van der Waals surface area contributed by atoms with Gasteiger partial charge < -0.3 is 5.32 Å². The second-order valence-electron chi connectivity index (χ2n) is 3.80. The highest BCUT2D eigenvalue weighted by molar-refractivity contribution is 7.18. The van der Waals surface area contributed by atoms with Crippen molar-refractivity contribution < 1.29 is 4.92 Å². The molecule has 1 aliphatic rings. The Labute approximate surface area is 91.7 Å². The second kappa shape index (κ2) is 4.14. The maximum atomic E-state index is 10.4. The highest BCUT2D eigenvalue weighted by Gasteiger charge is 2.36. The lowest BCUT2D eigenvalue weighted by Gasteiger charge is -1.99. The van der Waals surface area contributed by atoms with Gasteiger partial charge in [-0.05, 0) is 30.1 Å². The molecule has 1 aromatic heterocycles. The van der Waals surface area contributed by atoms with Crippen LogP contribution in [0.1, 0.15) is 26.2 Å². The Bertz CT molecular complexity index is 366. The lowest BCUT2D eigenvalue weighted by atomic mass is 10.2. The van der Waals surface area contributed by atoms with Crippen molar-refractivity contribution in [2.45, 2.75) is 32.2 Å². The van der Waals surface area contributed by atoms with Crippen LogP contribution in [-0.4, -0.2) is 15.9 Å². The van der Waals surface area contributed by atoms with Crippen molar-refractivity contribution in [3.8, 4) is 0 Å². The fourth-order valence-electron chi connectivity index (χ4n) is 1.69. The van der Waals surface area contributed by atoms with E-state index in [9.17, 15) is 10.1 Å². The van der Waals surface area contributed by atoms with E-state index in [0.717, 1.165) is 17.3 Å². The van der Waals surface area contributed by atoms with Crippen LogP contribution in [0.5, 0.6) is 0 Å². The zero-order valence-corrected chi connectivity index (χ0v) is 9.29. The normalized spacial score (nSPS) is 23.8. The number of hydrogen-bond donors (Lipinski definition) is 1. The Hall–Kier alpha value is -1.17. The third-order valence-corrected chi connectivity index (χ3v) is 3.44. The lowest BCUT2D eigenvalue weighted by Crippen LogP contribution is -2.03. The number of aromatic nitrogens is 1. The molecule has 0 saturated heterocycles. The zero-order valence-electron chi connectivity index (χ0n) is 8.47. The van der Waals surface area contributed by atoms with Gasteiger partial charge in [-0.2, -0.15) is 0 Å². The van der Waals surface area contributed by atoms with E-state index in [4.69, 9.17) is 0 Å². The molecule has 1 fully saturated rings. The van der Waals surface area contributed by atoms with Crippen molar-refractivity contribution in [3.05, 3.63) is 16.3 Å². The van der Waals surface area contributed by atoms with Crippen LogP contribution in [0.25, 0.3) is 0 Å². The molecular weight excluding hydrogens is 214 g/mol. The van der Waals surface area contributed by atoms with Gasteiger partial charge in [-0.1, -0.05) is 13.3 Å². The van der Waals surface area contributed by atoms with Gasteiger partial charge in [0.2, 0.25) is 0 Å². The van der Waals surface area contributed by atoms with Gasteiger partial charge in [-0.25, -0.2) is 4.98 Å². The Morgan fingerprint density at radius 2 is 2.60 bits per heavy atom. The number of thiazole rings is 1. The molecule has 15 heavy (non-hydrogen) atoms. The summed E-state index contributed by atoms with van der Waals surface area (Å²) in [5.74, 6) is 0.734. The SMILES string of the molecule is CCCC1CC1Nc1ncc([N+](=O)[O-])s1. The Kier molecular flexibility index (Phi) is 2.86. The van der Waals surface area contributed by atoms with Crippen molar-refractivity contribution >= 4 is 21.5 Å². The van der Waals surface area contributed by atoms with Crippen LogP contribution in [-0.2, 0) is 0 Å². The third kappa shape index (κ3) is 2.44. The summed E-state index contributed by atoms with van der Waals surface area (Å²) in [6.45, 7) is 2.17. The van der Waals surface area contributed by atoms with Gasteiger partial charge in [0.05, 0.1) is 4.92 Å². The number of nitrogens with one attached hydrogen (secondary N) is 1. The van der Waals surface area contributed by atoms with E-state index in [0.29, 0.717) is 11.2 Å². The topological polar surface area (TPSA) is 68.1 Å². The third-order valence-electron chi connectivity index (χ3n) is 2.56. The molecule has 0 radical (unpaired) electrons. The second-order valence-corrected chi connectivity index (χ2v) is 4.81. The summed E-state index contributed by atoms with van der Waals surface area (Å²) in [6, 6.07) is 0.482. The molecule has 0 aliphatic heterocycles. The molecule has 1 aliphatic carbocycles. The maximum Gasteiger partial charge on any atom is 0.345 e. The number of hydrogen-bond acceptors (Lipinski definition) is 5. The molecule has 2 unspecified atom stereocenters. The molecular formula is C9H13N3O2S. The maximum absolute atomic E-state index is 10.4. The van der Waals surface area contributed by atoms with Gasteiger partial charge >= 0.3 is 5.00 Å². The van der Waals surface area contributed by atoms with Crippen molar-refractivity contribution in [2.24, 2.45) is 5.92 Å². The Morgan fingerprint density at radius 3 is 3.20 bits per heavy atom. The molecule has 0 spiro atoms. The van der Waals surface area contributed by atoms with E-state index in [1.165, 1.54) is 25.5 Å². The first-order valence-corrected chi connectivity index (χ1v) is 5.89. The number of anilines is 1. The van der Waals surface area contributed by atoms with Gasteiger partial charge in [0, 0.05) is 6.04 Å². The van der Waals surface area contributed by atoms with Crippen LogP contribution in [0.3, 0.4) is 0 Å². The Balaban J connectivity index is 1.87. The van der Waals surface area contributed by atoms with Gasteiger partial charge in [-0.3, -0.25) is 10.1 Å². The molecule has 2 rings (SSSR count). The van der Waals surface area contributed by atoms with E-state index in [1.807, 2.05) is 0 Å². The summed E-state index contributed by atoms with van der Waals surface area (Å²) in [5.41, 5.74) is 0. The average molecular weight is 227 g/mol. The first-order valence-electron chi connectivity index (χ1n) is 5.07. The van der Waals surface area contributed by atoms with E-state index in [2.05, 4.69) is 17.2 Å². The van der Waals surface area contributed by atoms with Crippen LogP contribution in [0, 0.1) is 16.0 Å². The fraction of sp³-hybridized carbons (Fsp3) is 0.667. The first-order chi connectivity index (χ1) is 7.20. The molecule has 1 heterocycles. The quantitative estimate of drug-likeness (QED) is 0.620. The van der Waals surface area contributed by atoms with Gasteiger partial charge in [0.1, 0.15) is 6.20 Å². The monoisotopic (exact) mass is 227 g/mol. The standard InChI is InChI=1S/C9H13N3O2S/c1-2-3-6-4-7(6)11-9-10-5-8(15-9)12(13)14/h5-7H,2-4H2,1H3,(H,10,11). The Morgan fingerprint density at radius 1 is 1.80 bits per heavy atom. The predicted octanol–water partition coefficient (Wildman–Crippen LogP) is 2.65. The van der Waals surface area contributed by atoms with Crippen LogP contribution in [0.2, 0.25) is 0 Å². The lowest BCUT2D eigenvalue weighted by molar-refractivity contribution is -0.380. The van der Waals surface area contributed by atoms with Gasteiger partial charge in [-0.15, -0.1) is 0 Å². The van der Waals surface area contributed by atoms with Gasteiger partial charge in [0.25, 0.3) is 0 Å². The molecule has 5 nitrogen and oxygen atoms in total. The number of rotatable bonds is 5. The fourth-order valence-corrected chi connectivity index (χ4v) is 2.38. The van der Waals surface area contributed by atoms with Crippen LogP contribution < -0.4 is 5.32 Å². The molecule has 1 aromatic rings. The van der Waals surface area contributed by atoms with Gasteiger partial charge in [0.15, 0.2) is 5.13 Å². The molecule has 1 saturated carbocycles. The number of nitrogens with zero attached hydrogens (tertiary/aromatic N) is 2. The van der Waals surface area contributed by atoms with E-state index in [-0.39, 0.29) is 5.00 Å². The average Bonchev–Trinajstić information content (AvgIpc) is 2.75. The minimum absolute atomic E-state index is 0.102. The van der Waals surface area contributed by atoms with Crippen molar-refractivity contribution in [3.63, 3.8) is 0 Å². The van der Waals surface area contributed by atoms with Crippen molar-refractivity contribution in [1.82, 2.24) is 4.98 Å². The smallest absolute Gasteiger partial charge is 0.345 e. The molecule has 6 heteroatoms. The number of nitro groups is 1. The molecule has 82 valence electrons. The highest BCUT2D eigenvalue weighted by Crippen LogP contribution is 2.38. The summed E-state index contributed by atoms with van der Waals surface area (Å²) >= 11 is 1.11. The van der Waals surface area contributed by atoms with E-state index >= 15 is 0 Å². The molecule has 2 atom stereocenters. The summed E-state index contributed by atoms with van der Waals surface area (Å²) in [6.07, 6.45) is 4.90. The summed E-state index contributed by atoms with van der Waals surface area (Å²) < 4.78 is 0. The summed E-state index contributed by atoms with van der Waals surface area (Å²) in [7, 11) is 0. The minimum Gasteiger partial charge on any atom is -0.358 e. The van der Waals surface area contributed by atoms with Crippen LogP contribution in [0.4, 0.5) is 10.1 Å². The van der Waals surface area contributed by atoms with Crippen LogP contribution in [0.15, 0.2) is 6.20 Å². The molecule has 0 aromatic carbocycles. The minimum atomic E-state index is -0.404. The van der Waals surface area contributed by atoms with Crippen LogP contribution >= 0.6 is 11.3 Å². The zero-order chi connectivity index (χ0) is 10.8.